The molecule has 144 valence electrons. The molecule has 0 atom stereocenters. The van der Waals surface area contributed by atoms with Crippen LogP contribution >= 0.6 is 27.5 Å². The van der Waals surface area contributed by atoms with Gasteiger partial charge in [-0.2, -0.15) is 0 Å². The van der Waals surface area contributed by atoms with Gasteiger partial charge in [0.1, 0.15) is 5.69 Å². The van der Waals surface area contributed by atoms with Crippen molar-refractivity contribution in [3.05, 3.63) is 57.7 Å². The molecule has 3 rings (SSSR count). The van der Waals surface area contributed by atoms with Crippen molar-refractivity contribution in [2.45, 2.75) is 19.8 Å². The summed E-state index contributed by atoms with van der Waals surface area (Å²) < 4.78 is 5.22. The number of hydrogen-bond donors (Lipinski definition) is 1. The number of fused-ring (bicyclic) bond motifs is 1. The van der Waals surface area contributed by atoms with Crippen molar-refractivity contribution in [1.29, 1.82) is 0 Å². The Morgan fingerprint density at radius 1 is 1.11 bits per heavy atom. The molecule has 0 aliphatic heterocycles. The number of carbonyl (C=O) groups is 2. The van der Waals surface area contributed by atoms with Gasteiger partial charge in [0.25, 0.3) is 0 Å². The third kappa shape index (κ3) is 4.34. The second-order valence-corrected chi connectivity index (χ2v) is 7.32. The predicted octanol–water partition coefficient (Wildman–Crippen LogP) is 5.55. The van der Waals surface area contributed by atoms with Crippen LogP contribution in [0.5, 0.6) is 5.75 Å². The standard InChI is InChI=1S/C21H17BrClNO4/c1-2-28-18(26)10-9-17(25)20-21(27)19(22)15-8-5-13(11-16(15)24-20)12-3-6-14(23)7-4-12/h3-8,11,27H,2,9-10H2,1H3. The smallest absolute Gasteiger partial charge is 0.306 e. The fourth-order valence-electron chi connectivity index (χ4n) is 2.80. The van der Waals surface area contributed by atoms with Crippen LogP contribution in [-0.2, 0) is 9.53 Å². The first-order chi connectivity index (χ1) is 13.4. The first-order valence-electron chi connectivity index (χ1n) is 8.67. The van der Waals surface area contributed by atoms with Gasteiger partial charge < -0.3 is 9.84 Å². The second-order valence-electron chi connectivity index (χ2n) is 6.09. The second kappa shape index (κ2) is 8.71. The fourth-order valence-corrected chi connectivity index (χ4v) is 3.45. The van der Waals surface area contributed by atoms with E-state index in [-0.39, 0.29) is 30.9 Å². The van der Waals surface area contributed by atoms with Gasteiger partial charge in [0.2, 0.25) is 0 Å². The Hall–Kier alpha value is -2.44. The van der Waals surface area contributed by atoms with Crippen molar-refractivity contribution in [1.82, 2.24) is 4.98 Å². The molecule has 1 N–H and O–H groups in total. The minimum absolute atomic E-state index is 0.0612. The molecule has 0 bridgehead atoms. The van der Waals surface area contributed by atoms with E-state index in [0.717, 1.165) is 11.1 Å². The maximum absolute atomic E-state index is 12.5. The Balaban J connectivity index is 1.97. The molecule has 0 radical (unpaired) electrons. The number of benzene rings is 2. The summed E-state index contributed by atoms with van der Waals surface area (Å²) in [6.45, 7) is 1.96. The van der Waals surface area contributed by atoms with Crippen molar-refractivity contribution < 1.29 is 19.4 Å². The Morgan fingerprint density at radius 3 is 2.46 bits per heavy atom. The summed E-state index contributed by atoms with van der Waals surface area (Å²) >= 11 is 9.29. The van der Waals surface area contributed by atoms with Crippen LogP contribution in [0.15, 0.2) is 46.9 Å². The molecule has 0 spiro atoms. The number of aromatic hydroxyl groups is 1. The van der Waals surface area contributed by atoms with Crippen LogP contribution in [0.25, 0.3) is 22.0 Å². The van der Waals surface area contributed by atoms with Gasteiger partial charge in [-0.1, -0.05) is 35.9 Å². The highest BCUT2D eigenvalue weighted by Crippen LogP contribution is 2.36. The van der Waals surface area contributed by atoms with Gasteiger partial charge in [0.05, 0.1) is 23.0 Å². The average Bonchev–Trinajstić information content (AvgIpc) is 2.69. The molecule has 28 heavy (non-hydrogen) atoms. The van der Waals surface area contributed by atoms with Crippen LogP contribution in [0.4, 0.5) is 0 Å². The van der Waals surface area contributed by atoms with E-state index in [1.54, 1.807) is 19.1 Å². The minimum Gasteiger partial charge on any atom is -0.504 e. The van der Waals surface area contributed by atoms with E-state index in [9.17, 15) is 14.7 Å². The summed E-state index contributed by atoms with van der Waals surface area (Å²) in [5, 5.41) is 11.7. The van der Waals surface area contributed by atoms with Crippen LogP contribution in [0.1, 0.15) is 30.3 Å². The highest BCUT2D eigenvalue weighted by atomic mass is 79.9. The largest absolute Gasteiger partial charge is 0.504 e. The van der Waals surface area contributed by atoms with Gasteiger partial charge in [0.15, 0.2) is 11.5 Å². The Labute approximate surface area is 175 Å². The van der Waals surface area contributed by atoms with Crippen LogP contribution in [-0.4, -0.2) is 28.4 Å². The van der Waals surface area contributed by atoms with E-state index >= 15 is 0 Å². The molecule has 5 nitrogen and oxygen atoms in total. The molecular formula is C21H17BrClNO4. The number of nitrogens with zero attached hydrogens (tertiary/aromatic N) is 1. The number of ether oxygens (including phenoxy) is 1. The average molecular weight is 463 g/mol. The van der Waals surface area contributed by atoms with Crippen LogP contribution < -0.4 is 0 Å². The van der Waals surface area contributed by atoms with E-state index in [2.05, 4.69) is 20.9 Å². The number of carbonyl (C=O) groups excluding carboxylic acids is 2. The topological polar surface area (TPSA) is 76.5 Å². The highest BCUT2D eigenvalue weighted by Gasteiger charge is 2.20. The lowest BCUT2D eigenvalue weighted by atomic mass is 10.0. The van der Waals surface area contributed by atoms with Gasteiger partial charge in [-0.05, 0) is 52.2 Å². The molecule has 0 aliphatic carbocycles. The highest BCUT2D eigenvalue weighted by molar-refractivity contribution is 9.10. The first kappa shape index (κ1) is 20.3. The third-order valence-electron chi connectivity index (χ3n) is 4.20. The zero-order chi connectivity index (χ0) is 20.3. The summed E-state index contributed by atoms with van der Waals surface area (Å²) in [6.07, 6.45) is -0.150. The maximum Gasteiger partial charge on any atom is 0.306 e. The molecule has 3 aromatic rings. The molecular weight excluding hydrogens is 446 g/mol. The number of ketones is 1. The third-order valence-corrected chi connectivity index (χ3v) is 5.26. The van der Waals surface area contributed by atoms with Crippen molar-refractivity contribution in [3.8, 4) is 16.9 Å². The summed E-state index contributed by atoms with van der Waals surface area (Å²) in [6, 6.07) is 12.9. The summed E-state index contributed by atoms with van der Waals surface area (Å²) in [5.41, 5.74) is 2.33. The quantitative estimate of drug-likeness (QED) is 0.384. The molecule has 7 heteroatoms. The zero-order valence-electron chi connectivity index (χ0n) is 15.0. The molecule has 1 heterocycles. The van der Waals surface area contributed by atoms with Gasteiger partial charge in [-0.25, -0.2) is 4.98 Å². The lowest BCUT2D eigenvalue weighted by Crippen LogP contribution is -2.09. The van der Waals surface area contributed by atoms with Gasteiger partial charge >= 0.3 is 5.97 Å². The lowest BCUT2D eigenvalue weighted by molar-refractivity contribution is -0.143. The molecule has 0 saturated carbocycles. The van der Waals surface area contributed by atoms with Gasteiger partial charge in [0, 0.05) is 16.8 Å². The van der Waals surface area contributed by atoms with Crippen LogP contribution in [0.2, 0.25) is 5.02 Å². The Kier molecular flexibility index (Phi) is 6.31. The molecule has 2 aromatic carbocycles. The van der Waals surface area contributed by atoms with Crippen molar-refractivity contribution in [3.63, 3.8) is 0 Å². The SMILES string of the molecule is CCOC(=O)CCC(=O)c1nc2cc(-c3ccc(Cl)cc3)ccc2c(Br)c1O. The van der Waals surface area contributed by atoms with Crippen molar-refractivity contribution in [2.24, 2.45) is 0 Å². The normalized spacial score (nSPS) is 10.8. The molecule has 0 aliphatic rings. The Morgan fingerprint density at radius 2 is 1.79 bits per heavy atom. The number of pyridine rings is 1. The summed E-state index contributed by atoms with van der Waals surface area (Å²) in [4.78, 5) is 28.3. The lowest BCUT2D eigenvalue weighted by Gasteiger charge is -2.10. The van der Waals surface area contributed by atoms with E-state index in [1.807, 2.05) is 30.3 Å². The van der Waals surface area contributed by atoms with Crippen molar-refractivity contribution >= 4 is 50.2 Å². The number of halogens is 2. The minimum atomic E-state index is -0.458. The molecule has 1 aromatic heterocycles. The van der Waals surface area contributed by atoms with Gasteiger partial charge in [-0.3, -0.25) is 9.59 Å². The van der Waals surface area contributed by atoms with E-state index < -0.39 is 11.8 Å². The molecule has 0 fully saturated rings. The fraction of sp³-hybridized carbons (Fsp3) is 0.190. The summed E-state index contributed by atoms with van der Waals surface area (Å²) in [7, 11) is 0. The monoisotopic (exact) mass is 461 g/mol. The number of Topliss-reactive ketones (excluding diaryl/α,β-unsaturated/α-hetero) is 1. The van der Waals surface area contributed by atoms with Crippen LogP contribution in [0.3, 0.4) is 0 Å². The van der Waals surface area contributed by atoms with Crippen molar-refractivity contribution in [2.75, 3.05) is 6.61 Å². The van der Waals surface area contributed by atoms with Gasteiger partial charge in [-0.15, -0.1) is 0 Å². The molecule has 0 unspecified atom stereocenters. The number of esters is 1. The number of aromatic nitrogens is 1. The van der Waals surface area contributed by atoms with E-state index in [0.29, 0.717) is 20.4 Å². The number of hydrogen-bond acceptors (Lipinski definition) is 5. The first-order valence-corrected chi connectivity index (χ1v) is 9.84. The van der Waals surface area contributed by atoms with E-state index in [4.69, 9.17) is 16.3 Å². The number of rotatable bonds is 6. The van der Waals surface area contributed by atoms with Crippen LogP contribution in [0, 0.1) is 0 Å². The molecule has 0 amide bonds. The summed E-state index contributed by atoms with van der Waals surface area (Å²) in [5.74, 6) is -1.12. The Bertz CT molecular complexity index is 1050. The van der Waals surface area contributed by atoms with E-state index in [1.165, 1.54) is 0 Å². The zero-order valence-corrected chi connectivity index (χ0v) is 17.4. The maximum atomic E-state index is 12.5. The molecule has 0 saturated heterocycles. The predicted molar refractivity (Wildman–Crippen MR) is 112 cm³/mol.